The third-order valence-corrected chi connectivity index (χ3v) is 7.80. The summed E-state index contributed by atoms with van der Waals surface area (Å²) < 4.78 is 60.4. The summed E-state index contributed by atoms with van der Waals surface area (Å²) >= 11 is 0. The van der Waals surface area contributed by atoms with Crippen LogP contribution in [0.3, 0.4) is 0 Å². The van der Waals surface area contributed by atoms with Gasteiger partial charge in [-0.25, -0.2) is 0 Å². The Bertz CT molecular complexity index is 925. The minimum atomic E-state index is -3.87. The molecular formula is C22H30O6S2. The molecule has 0 heterocycles. The molecule has 0 fully saturated rings. The lowest BCUT2D eigenvalue weighted by molar-refractivity contribution is 0.140. The second-order valence-corrected chi connectivity index (χ2v) is 10.7. The van der Waals surface area contributed by atoms with E-state index in [1.807, 2.05) is 27.7 Å². The molecule has 2 rings (SSSR count). The minimum absolute atomic E-state index is 0.0286. The van der Waals surface area contributed by atoms with Gasteiger partial charge in [-0.3, -0.25) is 8.37 Å². The number of aryl methyl sites for hydroxylation is 2. The van der Waals surface area contributed by atoms with Crippen molar-refractivity contribution in [3.8, 4) is 0 Å². The maximum absolute atomic E-state index is 12.5. The predicted molar refractivity (Wildman–Crippen MR) is 116 cm³/mol. The average Bonchev–Trinajstić information content (AvgIpc) is 2.71. The lowest BCUT2D eigenvalue weighted by Crippen LogP contribution is -2.26. The summed E-state index contributed by atoms with van der Waals surface area (Å²) in [6.45, 7) is 7.54. The summed E-state index contributed by atoms with van der Waals surface area (Å²) in [4.78, 5) is 0.211. The summed E-state index contributed by atoms with van der Waals surface area (Å²) in [5.41, 5.74) is 1.91. The van der Waals surface area contributed by atoms with E-state index in [4.69, 9.17) is 8.37 Å². The molecule has 0 aliphatic heterocycles. The predicted octanol–water partition coefficient (Wildman–Crippen LogP) is 4.47. The topological polar surface area (TPSA) is 86.7 Å². The normalized spacial score (nSPS) is 14.4. The quantitative estimate of drug-likeness (QED) is 0.466. The van der Waals surface area contributed by atoms with E-state index in [9.17, 15) is 16.8 Å². The molecule has 0 spiro atoms. The fraction of sp³-hybridized carbons (Fsp3) is 0.455. The fourth-order valence-electron chi connectivity index (χ4n) is 3.07. The molecule has 0 N–H and O–H groups in total. The third kappa shape index (κ3) is 6.63. The number of benzene rings is 2. The van der Waals surface area contributed by atoms with Crippen LogP contribution in [0, 0.1) is 25.7 Å². The van der Waals surface area contributed by atoms with Crippen LogP contribution in [-0.2, 0) is 28.6 Å². The SMILES string of the molecule is CC[C@@H](COS(=O)(=O)c1ccc(C)cc1)[C@@H](CC)COS(=O)(=O)c1ccc(C)cc1. The van der Waals surface area contributed by atoms with Crippen LogP contribution < -0.4 is 0 Å². The van der Waals surface area contributed by atoms with Crippen LogP contribution in [-0.4, -0.2) is 30.0 Å². The second kappa shape index (κ2) is 10.5. The highest BCUT2D eigenvalue weighted by molar-refractivity contribution is 7.87. The molecule has 2 aromatic carbocycles. The summed E-state index contributed by atoms with van der Waals surface area (Å²) in [6.07, 6.45) is 1.27. The molecule has 0 aliphatic rings. The molecule has 0 bridgehead atoms. The maximum Gasteiger partial charge on any atom is 0.296 e. The lowest BCUT2D eigenvalue weighted by Gasteiger charge is -2.24. The molecule has 166 valence electrons. The fourth-order valence-corrected chi connectivity index (χ4v) is 4.99. The zero-order chi connectivity index (χ0) is 22.4. The Balaban J connectivity index is 2.02. The van der Waals surface area contributed by atoms with Crippen molar-refractivity contribution in [2.24, 2.45) is 11.8 Å². The second-order valence-electron chi connectivity index (χ2n) is 7.44. The summed E-state index contributed by atoms with van der Waals surface area (Å²) in [5, 5.41) is 0. The van der Waals surface area contributed by atoms with Crippen molar-refractivity contribution in [1.82, 2.24) is 0 Å². The number of hydrogen-bond donors (Lipinski definition) is 0. The summed E-state index contributed by atoms with van der Waals surface area (Å²) in [6, 6.07) is 12.9. The molecule has 0 aliphatic carbocycles. The van der Waals surface area contributed by atoms with Crippen LogP contribution in [0.4, 0.5) is 0 Å². The van der Waals surface area contributed by atoms with Crippen LogP contribution in [0.25, 0.3) is 0 Å². The molecule has 0 saturated heterocycles. The van der Waals surface area contributed by atoms with Gasteiger partial charge in [-0.05, 0) is 49.9 Å². The Hall–Kier alpha value is -1.74. The van der Waals surface area contributed by atoms with Gasteiger partial charge >= 0.3 is 0 Å². The van der Waals surface area contributed by atoms with E-state index in [1.54, 1.807) is 24.3 Å². The first-order chi connectivity index (χ1) is 14.1. The Morgan fingerprint density at radius 1 is 0.633 bits per heavy atom. The highest BCUT2D eigenvalue weighted by Crippen LogP contribution is 2.25. The molecule has 0 saturated carbocycles. The van der Waals surface area contributed by atoms with Crippen molar-refractivity contribution in [2.45, 2.75) is 50.3 Å². The molecule has 0 aromatic heterocycles. The molecule has 30 heavy (non-hydrogen) atoms. The van der Waals surface area contributed by atoms with Crippen molar-refractivity contribution < 1.29 is 25.2 Å². The van der Waals surface area contributed by atoms with Crippen LogP contribution in [0.5, 0.6) is 0 Å². The van der Waals surface area contributed by atoms with Crippen molar-refractivity contribution in [3.63, 3.8) is 0 Å². The van der Waals surface area contributed by atoms with Crippen LogP contribution in [0.1, 0.15) is 37.8 Å². The zero-order valence-electron chi connectivity index (χ0n) is 17.9. The Morgan fingerprint density at radius 2 is 0.933 bits per heavy atom. The molecule has 0 radical (unpaired) electrons. The van der Waals surface area contributed by atoms with E-state index in [2.05, 4.69) is 0 Å². The number of rotatable bonds is 11. The van der Waals surface area contributed by atoms with Gasteiger partial charge in [0.15, 0.2) is 0 Å². The van der Waals surface area contributed by atoms with Crippen molar-refractivity contribution >= 4 is 20.2 Å². The van der Waals surface area contributed by atoms with E-state index in [0.717, 1.165) is 11.1 Å². The molecule has 8 heteroatoms. The first-order valence-corrected chi connectivity index (χ1v) is 12.8. The first kappa shape index (κ1) is 24.5. The van der Waals surface area contributed by atoms with Crippen molar-refractivity contribution in [3.05, 3.63) is 59.7 Å². The standard InChI is InChI=1S/C22H30O6S2/c1-5-19(15-27-29(23,24)21-11-7-17(3)8-12-21)20(6-2)16-28-30(25,26)22-13-9-18(4)10-14-22/h7-14,19-20H,5-6,15-16H2,1-4H3/t19-,20-/m0/s1. The molecule has 0 amide bonds. The number of hydrogen-bond acceptors (Lipinski definition) is 6. The Labute approximate surface area is 180 Å². The zero-order valence-corrected chi connectivity index (χ0v) is 19.5. The van der Waals surface area contributed by atoms with Gasteiger partial charge in [0.1, 0.15) is 0 Å². The highest BCUT2D eigenvalue weighted by Gasteiger charge is 2.26. The minimum Gasteiger partial charge on any atom is -0.266 e. The maximum atomic E-state index is 12.5. The van der Waals surface area contributed by atoms with Crippen LogP contribution in [0.15, 0.2) is 58.3 Å². The smallest absolute Gasteiger partial charge is 0.266 e. The van der Waals surface area contributed by atoms with Crippen molar-refractivity contribution in [2.75, 3.05) is 13.2 Å². The average molecular weight is 455 g/mol. The van der Waals surface area contributed by atoms with E-state index in [1.165, 1.54) is 24.3 Å². The molecular weight excluding hydrogens is 424 g/mol. The highest BCUT2D eigenvalue weighted by atomic mass is 32.2. The Kier molecular flexibility index (Phi) is 8.61. The Morgan fingerprint density at radius 3 is 1.20 bits per heavy atom. The largest absolute Gasteiger partial charge is 0.296 e. The monoisotopic (exact) mass is 454 g/mol. The van der Waals surface area contributed by atoms with E-state index >= 15 is 0 Å². The van der Waals surface area contributed by atoms with Gasteiger partial charge in [0.2, 0.25) is 0 Å². The molecule has 6 nitrogen and oxygen atoms in total. The van der Waals surface area contributed by atoms with Gasteiger partial charge in [-0.15, -0.1) is 0 Å². The van der Waals surface area contributed by atoms with Gasteiger partial charge < -0.3 is 0 Å². The summed E-state index contributed by atoms with van der Waals surface area (Å²) in [7, 11) is -7.75. The van der Waals surface area contributed by atoms with Crippen LogP contribution in [0.2, 0.25) is 0 Å². The van der Waals surface area contributed by atoms with E-state index < -0.39 is 20.2 Å². The van der Waals surface area contributed by atoms with Crippen LogP contribution >= 0.6 is 0 Å². The van der Waals surface area contributed by atoms with E-state index in [-0.39, 0.29) is 34.8 Å². The first-order valence-electron chi connectivity index (χ1n) is 10.0. The van der Waals surface area contributed by atoms with Gasteiger partial charge in [0.25, 0.3) is 20.2 Å². The third-order valence-electron chi connectivity index (χ3n) is 5.21. The van der Waals surface area contributed by atoms with Gasteiger partial charge in [0.05, 0.1) is 23.0 Å². The molecule has 2 atom stereocenters. The van der Waals surface area contributed by atoms with E-state index in [0.29, 0.717) is 12.8 Å². The van der Waals surface area contributed by atoms with Gasteiger partial charge in [0, 0.05) is 0 Å². The van der Waals surface area contributed by atoms with Crippen molar-refractivity contribution in [1.29, 1.82) is 0 Å². The van der Waals surface area contributed by atoms with Gasteiger partial charge in [-0.1, -0.05) is 62.1 Å². The molecule has 2 aromatic rings. The summed E-state index contributed by atoms with van der Waals surface area (Å²) in [5.74, 6) is -0.327. The molecule has 0 unspecified atom stereocenters. The van der Waals surface area contributed by atoms with Gasteiger partial charge in [-0.2, -0.15) is 16.8 Å². The lowest BCUT2D eigenvalue weighted by atomic mass is 9.89.